The second-order valence-corrected chi connectivity index (χ2v) is 35.1. The quantitative estimate of drug-likeness (QED) is 0.0384. The van der Waals surface area contributed by atoms with Crippen LogP contribution in [0.3, 0.4) is 0 Å². The van der Waals surface area contributed by atoms with E-state index in [1.807, 2.05) is 6.21 Å². The zero-order valence-electron chi connectivity index (χ0n) is 79.7. The largest absolute Gasteiger partial charge is 0.311 e. The second kappa shape index (κ2) is 43.2. The fraction of sp³-hybridized carbons (Fsp3) is 0. The van der Waals surface area contributed by atoms with Crippen molar-refractivity contribution in [3.05, 3.63) is 623 Å². The molecule has 0 fully saturated rings. The monoisotopic (exact) mass is 1860 g/mol. The summed E-state index contributed by atoms with van der Waals surface area (Å²) in [6.45, 7) is 0. The minimum absolute atomic E-state index is 0.773. The van der Waals surface area contributed by atoms with E-state index in [2.05, 4.69) is 651 Å². The number of benzene rings is 22. The van der Waals surface area contributed by atoms with Gasteiger partial charge in [-0.25, -0.2) is 4.99 Å². The molecule has 11 nitrogen and oxygen atoms in total. The fourth-order valence-electron chi connectivity index (χ4n) is 18.9. The Hall–Kier alpha value is -19.6. The van der Waals surface area contributed by atoms with Gasteiger partial charge in [0.2, 0.25) is 0 Å². The van der Waals surface area contributed by atoms with E-state index in [-0.39, 0.29) is 0 Å². The van der Waals surface area contributed by atoms with Crippen molar-refractivity contribution in [1.82, 2.24) is 0 Å². The molecule has 0 radical (unpaired) electrons. The molecule has 0 saturated heterocycles. The van der Waals surface area contributed by atoms with Crippen molar-refractivity contribution in [2.24, 2.45) is 9.98 Å². The van der Waals surface area contributed by atoms with Gasteiger partial charge >= 0.3 is 0 Å². The van der Waals surface area contributed by atoms with Crippen molar-refractivity contribution < 1.29 is 0 Å². The van der Waals surface area contributed by atoms with E-state index < -0.39 is 0 Å². The number of anilines is 27. The highest BCUT2D eigenvalue weighted by Gasteiger charge is 2.26. The molecule has 0 heterocycles. The van der Waals surface area contributed by atoms with Gasteiger partial charge in [0.15, 0.2) is 0 Å². The van der Waals surface area contributed by atoms with Crippen molar-refractivity contribution >= 4 is 177 Å². The molecular weight excluding hydrogens is 1760 g/mol. The maximum atomic E-state index is 5.72. The van der Waals surface area contributed by atoms with Gasteiger partial charge in [-0.1, -0.05) is 255 Å². The summed E-state index contributed by atoms with van der Waals surface area (Å²) in [5, 5.41) is 0. The average molecular weight is 1870 g/mol. The van der Waals surface area contributed by atoms with Crippen LogP contribution in [-0.2, 0) is 0 Å². The Labute approximate surface area is 848 Å². The average Bonchev–Trinajstić information content (AvgIpc) is 0.781. The Kier molecular flexibility index (Phi) is 27.0. The van der Waals surface area contributed by atoms with Crippen LogP contribution in [0.5, 0.6) is 0 Å². The highest BCUT2D eigenvalue weighted by molar-refractivity contribution is 6.14. The highest BCUT2D eigenvalue weighted by Crippen LogP contribution is 2.48. The van der Waals surface area contributed by atoms with Gasteiger partial charge in [0.25, 0.3) is 0 Å². The summed E-state index contributed by atoms with van der Waals surface area (Å²) in [4.78, 5) is 31.6. The van der Waals surface area contributed by atoms with Crippen molar-refractivity contribution in [3.8, 4) is 0 Å². The van der Waals surface area contributed by atoms with Gasteiger partial charge in [-0.15, -0.1) is 0 Å². The summed E-state index contributed by atoms with van der Waals surface area (Å²) in [5.74, 6) is 0. The summed E-state index contributed by atoms with van der Waals surface area (Å²) in [6, 6.07) is 215. The van der Waals surface area contributed by atoms with Gasteiger partial charge in [-0.2, -0.15) is 0 Å². The third-order valence-corrected chi connectivity index (χ3v) is 25.8. The molecule has 692 valence electrons. The smallest absolute Gasteiger partial charge is 0.0781 e. The third kappa shape index (κ3) is 20.5. The molecule has 0 saturated carbocycles. The zero-order chi connectivity index (χ0) is 97.1. The van der Waals surface area contributed by atoms with E-state index in [4.69, 9.17) is 9.98 Å². The third-order valence-electron chi connectivity index (χ3n) is 25.8. The number of hydrogen-bond acceptors (Lipinski definition) is 11. The van der Waals surface area contributed by atoms with E-state index in [9.17, 15) is 0 Å². The molecule has 22 aromatic carbocycles. The van der Waals surface area contributed by atoms with Crippen LogP contribution in [0.25, 0.3) is 0 Å². The lowest BCUT2D eigenvalue weighted by Crippen LogP contribution is -2.13. The summed E-state index contributed by atoms with van der Waals surface area (Å²) in [6.07, 6.45) is 1.93. The minimum atomic E-state index is 0.773. The lowest BCUT2D eigenvalue weighted by atomic mass is 10.0. The van der Waals surface area contributed by atoms with Gasteiger partial charge in [-0.3, -0.25) is 4.99 Å². The molecule has 0 unspecified atom stereocenters. The predicted octanol–water partition coefficient (Wildman–Crippen LogP) is 37.8. The van der Waals surface area contributed by atoms with E-state index in [1.54, 1.807) is 0 Å². The van der Waals surface area contributed by atoms with E-state index in [0.29, 0.717) is 0 Å². The van der Waals surface area contributed by atoms with Crippen molar-refractivity contribution in [1.29, 1.82) is 0 Å². The van der Waals surface area contributed by atoms with E-state index >= 15 is 0 Å². The van der Waals surface area contributed by atoms with Gasteiger partial charge in [0.05, 0.1) is 17.1 Å². The second-order valence-electron chi connectivity index (χ2n) is 35.1. The van der Waals surface area contributed by atoms with Crippen molar-refractivity contribution in [2.45, 2.75) is 0 Å². The van der Waals surface area contributed by atoms with Crippen LogP contribution in [0.2, 0.25) is 0 Å². The summed E-state index contributed by atoms with van der Waals surface area (Å²) >= 11 is 0. The van der Waals surface area contributed by atoms with Crippen LogP contribution in [0.15, 0.2) is 617 Å². The number of nitrogens with zero attached hydrogens (tertiary/aromatic N) is 11. The summed E-state index contributed by atoms with van der Waals surface area (Å²) < 4.78 is 0. The first-order chi connectivity index (χ1) is 71.9. The van der Waals surface area contributed by atoms with Crippen LogP contribution in [-0.4, -0.2) is 11.9 Å². The molecule has 145 heavy (non-hydrogen) atoms. The standard InChI is InChI=1S/C134H101N11/c1-13-37-107(38-14-1)137(108-39-15-2-16-40-108)122-77-89-128(90-78-122)143(129-91-79-123(80-92-129)138(109-41-17-3-18-42-109)110-43-19-4-20-44-110)119-71-63-103(64-72-119)134(104-65-73-120(74-66-104)144(130-93-81-124(82-94-130)139(111-45-21-5-22-46-111)112-47-23-6-24-48-112)131-95-83-125(84-96-131)140(113-49-25-7-26-50-113)114-51-27-8-28-52-114)136-106-67-61-102(62-68-106)101-135-105-69-75-121(76-70-105)145(132-97-85-126(86-98-132)141(115-53-29-9-30-54-115)116-55-31-10-32-56-116)133-99-87-127(88-100-133)142(117-57-33-11-34-58-117)118-59-35-12-36-60-118/h1-101H. The SMILES string of the molecule is C(=Nc1ccc(N(c2ccc(N(c3ccccc3)c3ccccc3)cc2)c2ccc(N(c3ccccc3)c3ccccc3)cc2)cc1)c1ccc(N=C(c2ccc(N(c3ccc(N(c4ccccc4)c4ccccc4)cc3)c3ccc(N(c4ccccc4)c4ccccc4)cc3)cc2)c2ccc(N(c3ccc(N(c4ccccc4)c4ccccc4)cc3)c3ccc(N(c4ccccc4)c4ccccc4)cc3)cc2)cc1. The Balaban J connectivity index is 0.627. The molecule has 0 aliphatic heterocycles. The van der Waals surface area contributed by atoms with Gasteiger partial charge < -0.3 is 44.1 Å². The maximum absolute atomic E-state index is 5.72. The Morgan fingerprint density at radius 2 is 0.234 bits per heavy atom. The van der Waals surface area contributed by atoms with E-state index in [1.165, 1.54) is 0 Å². The number of hydrogen-bond donors (Lipinski definition) is 0. The van der Waals surface area contributed by atoms with Crippen LogP contribution >= 0.6 is 0 Å². The molecule has 0 amide bonds. The Morgan fingerprint density at radius 1 is 0.117 bits per heavy atom. The van der Waals surface area contributed by atoms with Gasteiger partial charge in [0, 0.05) is 171 Å². The van der Waals surface area contributed by atoms with Gasteiger partial charge in [-0.05, 0) is 357 Å². The Morgan fingerprint density at radius 3 is 0.379 bits per heavy atom. The summed E-state index contributed by atoms with van der Waals surface area (Å²) in [7, 11) is 0. The molecule has 0 bridgehead atoms. The normalized spacial score (nSPS) is 11.0. The first-order valence-corrected chi connectivity index (χ1v) is 48.9. The first kappa shape index (κ1) is 90.5. The molecule has 0 atom stereocenters. The number of aliphatic imine (C=N–C) groups is 2. The fourth-order valence-corrected chi connectivity index (χ4v) is 18.9. The van der Waals surface area contributed by atoms with Crippen molar-refractivity contribution in [3.63, 3.8) is 0 Å². The van der Waals surface area contributed by atoms with Crippen molar-refractivity contribution in [2.75, 3.05) is 44.1 Å². The van der Waals surface area contributed by atoms with Crippen LogP contribution in [0, 0.1) is 0 Å². The number of rotatable bonds is 32. The lowest BCUT2D eigenvalue weighted by molar-refractivity contribution is 1.24. The minimum Gasteiger partial charge on any atom is -0.311 e. The highest BCUT2D eigenvalue weighted by atomic mass is 15.2. The molecule has 11 heteroatoms. The van der Waals surface area contributed by atoms with Gasteiger partial charge in [0.1, 0.15) is 0 Å². The molecule has 22 rings (SSSR count). The molecule has 0 aromatic heterocycles. The Bertz CT molecular complexity index is 7050. The molecule has 22 aromatic rings. The van der Waals surface area contributed by atoms with E-state index in [0.717, 1.165) is 187 Å². The predicted molar refractivity (Wildman–Crippen MR) is 610 cm³/mol. The van der Waals surface area contributed by atoms with Crippen LogP contribution in [0.1, 0.15) is 16.7 Å². The molecule has 0 N–H and O–H groups in total. The maximum Gasteiger partial charge on any atom is 0.0781 e. The molecule has 0 aliphatic rings. The number of para-hydroxylation sites is 12. The molecular formula is C134H101N11. The topological polar surface area (TPSA) is 53.9 Å². The molecule has 0 spiro atoms. The summed E-state index contributed by atoms with van der Waals surface area (Å²) in [5.41, 5.74) is 32.9. The zero-order valence-corrected chi connectivity index (χ0v) is 79.7. The lowest BCUT2D eigenvalue weighted by Gasteiger charge is -2.29. The molecule has 0 aliphatic carbocycles. The first-order valence-electron chi connectivity index (χ1n) is 48.9. The van der Waals surface area contributed by atoms with Crippen LogP contribution in [0.4, 0.5) is 165 Å². The van der Waals surface area contributed by atoms with Crippen LogP contribution < -0.4 is 44.1 Å².